The molecule has 2 rings (SSSR count). The normalized spacial score (nSPS) is 10.7. The number of hydrogen-bond donors (Lipinski definition) is 0. The molecular formula is C10H12Cl2N6. The minimum absolute atomic E-state index is 0.133. The molecule has 0 aliphatic rings. The maximum absolute atomic E-state index is 5.90. The Hall–Kier alpha value is -1.40. The van der Waals surface area contributed by atoms with Crippen molar-refractivity contribution in [1.82, 2.24) is 24.7 Å². The van der Waals surface area contributed by atoms with E-state index in [0.717, 1.165) is 13.1 Å². The van der Waals surface area contributed by atoms with Crippen LogP contribution in [0.2, 0.25) is 10.3 Å². The molecule has 0 N–H and O–H groups in total. The lowest BCUT2D eigenvalue weighted by Gasteiger charge is -2.18. The third-order valence-electron chi connectivity index (χ3n) is 2.39. The number of rotatable bonds is 4. The predicted molar refractivity (Wildman–Crippen MR) is 70.5 cm³/mol. The van der Waals surface area contributed by atoms with E-state index in [-0.39, 0.29) is 5.28 Å². The van der Waals surface area contributed by atoms with Gasteiger partial charge in [0, 0.05) is 13.1 Å². The standard InChI is InChI=1S/C10H12Cl2N6/c1-3-17(4-2)9-14-8(12)15-10(16-9)18-6-7(11)5-13-18/h5-6H,3-4H2,1-2H3. The molecule has 0 aliphatic heterocycles. The predicted octanol–water partition coefficient (Wildman–Crippen LogP) is 2.21. The summed E-state index contributed by atoms with van der Waals surface area (Å²) in [6.07, 6.45) is 3.12. The van der Waals surface area contributed by atoms with Crippen LogP contribution in [0.15, 0.2) is 12.4 Å². The van der Waals surface area contributed by atoms with Crippen molar-refractivity contribution in [2.24, 2.45) is 0 Å². The lowest BCUT2D eigenvalue weighted by Crippen LogP contribution is -2.25. The third kappa shape index (κ3) is 2.70. The molecule has 0 amide bonds. The van der Waals surface area contributed by atoms with Crippen LogP contribution in [0.25, 0.3) is 5.95 Å². The van der Waals surface area contributed by atoms with Crippen molar-refractivity contribution < 1.29 is 0 Å². The zero-order valence-electron chi connectivity index (χ0n) is 10.0. The smallest absolute Gasteiger partial charge is 0.256 e. The van der Waals surface area contributed by atoms with Crippen LogP contribution < -0.4 is 4.90 Å². The third-order valence-corrected chi connectivity index (χ3v) is 2.75. The maximum atomic E-state index is 5.90. The van der Waals surface area contributed by atoms with Gasteiger partial charge in [-0.2, -0.15) is 20.1 Å². The van der Waals surface area contributed by atoms with E-state index in [2.05, 4.69) is 20.1 Å². The molecule has 0 aliphatic carbocycles. The fourth-order valence-electron chi connectivity index (χ4n) is 1.49. The van der Waals surface area contributed by atoms with Crippen molar-refractivity contribution in [3.8, 4) is 5.95 Å². The van der Waals surface area contributed by atoms with E-state index >= 15 is 0 Å². The Labute approximate surface area is 115 Å². The van der Waals surface area contributed by atoms with Gasteiger partial charge >= 0.3 is 0 Å². The number of halogens is 2. The summed E-state index contributed by atoms with van der Waals surface area (Å²) in [5.41, 5.74) is 0. The first-order valence-corrected chi connectivity index (χ1v) is 6.26. The van der Waals surface area contributed by atoms with E-state index in [4.69, 9.17) is 23.2 Å². The summed E-state index contributed by atoms with van der Waals surface area (Å²) < 4.78 is 1.46. The Kier molecular flexibility index (Phi) is 3.98. The highest BCUT2D eigenvalue weighted by molar-refractivity contribution is 6.30. The highest BCUT2D eigenvalue weighted by atomic mass is 35.5. The molecule has 2 aromatic rings. The molecule has 0 fully saturated rings. The van der Waals surface area contributed by atoms with Crippen LogP contribution in [-0.4, -0.2) is 37.8 Å². The van der Waals surface area contributed by atoms with Crippen molar-refractivity contribution in [1.29, 1.82) is 0 Å². The fraction of sp³-hybridized carbons (Fsp3) is 0.400. The molecular weight excluding hydrogens is 275 g/mol. The minimum Gasteiger partial charge on any atom is -0.341 e. The first kappa shape index (κ1) is 13.0. The van der Waals surface area contributed by atoms with Gasteiger partial charge in [-0.15, -0.1) is 0 Å². The summed E-state index contributed by atoms with van der Waals surface area (Å²) >= 11 is 11.7. The second-order valence-corrected chi connectivity index (χ2v) is 4.25. The largest absolute Gasteiger partial charge is 0.341 e. The molecule has 96 valence electrons. The van der Waals surface area contributed by atoms with Gasteiger partial charge in [0.2, 0.25) is 11.2 Å². The van der Waals surface area contributed by atoms with E-state index < -0.39 is 0 Å². The number of anilines is 1. The number of aromatic nitrogens is 5. The molecule has 2 aromatic heterocycles. The van der Waals surface area contributed by atoms with Gasteiger partial charge in [-0.05, 0) is 25.4 Å². The van der Waals surface area contributed by atoms with Crippen LogP contribution >= 0.6 is 23.2 Å². The van der Waals surface area contributed by atoms with Crippen molar-refractivity contribution in [2.75, 3.05) is 18.0 Å². The van der Waals surface area contributed by atoms with Crippen molar-refractivity contribution in [3.05, 3.63) is 22.7 Å². The van der Waals surface area contributed by atoms with Crippen LogP contribution in [0.1, 0.15) is 13.8 Å². The molecule has 6 nitrogen and oxygen atoms in total. The first-order valence-electron chi connectivity index (χ1n) is 5.51. The van der Waals surface area contributed by atoms with E-state index in [1.807, 2.05) is 18.7 Å². The molecule has 2 heterocycles. The van der Waals surface area contributed by atoms with Crippen LogP contribution in [0, 0.1) is 0 Å². The first-order chi connectivity index (χ1) is 8.63. The highest BCUT2D eigenvalue weighted by Crippen LogP contribution is 2.14. The summed E-state index contributed by atoms with van der Waals surface area (Å²) in [7, 11) is 0. The average Bonchev–Trinajstić information content (AvgIpc) is 2.77. The summed E-state index contributed by atoms with van der Waals surface area (Å²) in [4.78, 5) is 14.4. The SMILES string of the molecule is CCN(CC)c1nc(Cl)nc(-n2cc(Cl)cn2)n1. The summed E-state index contributed by atoms with van der Waals surface area (Å²) in [6, 6.07) is 0. The topological polar surface area (TPSA) is 59.7 Å². The summed E-state index contributed by atoms with van der Waals surface area (Å²) in [5.74, 6) is 0.880. The van der Waals surface area contributed by atoms with Gasteiger partial charge in [0.05, 0.1) is 17.4 Å². The quantitative estimate of drug-likeness (QED) is 0.862. The van der Waals surface area contributed by atoms with Gasteiger partial charge in [0.25, 0.3) is 5.95 Å². The zero-order chi connectivity index (χ0) is 13.1. The minimum atomic E-state index is 0.133. The molecule has 0 saturated carbocycles. The maximum Gasteiger partial charge on any atom is 0.256 e. The number of nitrogens with zero attached hydrogens (tertiary/aromatic N) is 6. The summed E-state index contributed by atoms with van der Waals surface area (Å²) in [6.45, 7) is 5.61. The van der Waals surface area contributed by atoms with Crippen LogP contribution in [0.3, 0.4) is 0 Å². The molecule has 0 radical (unpaired) electrons. The lowest BCUT2D eigenvalue weighted by atomic mass is 10.5. The van der Waals surface area contributed by atoms with Gasteiger partial charge < -0.3 is 4.90 Å². The molecule has 0 saturated heterocycles. The average molecular weight is 287 g/mol. The van der Waals surface area contributed by atoms with Crippen LogP contribution in [0.5, 0.6) is 0 Å². The van der Waals surface area contributed by atoms with Crippen LogP contribution in [0.4, 0.5) is 5.95 Å². The van der Waals surface area contributed by atoms with Gasteiger partial charge in [0.15, 0.2) is 0 Å². The summed E-state index contributed by atoms with van der Waals surface area (Å²) in [5, 5.41) is 4.68. The Morgan fingerprint density at radius 2 is 1.89 bits per heavy atom. The molecule has 18 heavy (non-hydrogen) atoms. The van der Waals surface area contributed by atoms with E-state index in [9.17, 15) is 0 Å². The van der Waals surface area contributed by atoms with Gasteiger partial charge in [-0.25, -0.2) is 4.68 Å². The van der Waals surface area contributed by atoms with Crippen molar-refractivity contribution in [3.63, 3.8) is 0 Å². The Morgan fingerprint density at radius 1 is 1.17 bits per heavy atom. The lowest BCUT2D eigenvalue weighted by molar-refractivity contribution is 0.761. The van der Waals surface area contributed by atoms with Crippen LogP contribution in [-0.2, 0) is 0 Å². The second kappa shape index (κ2) is 5.49. The van der Waals surface area contributed by atoms with Gasteiger partial charge in [-0.3, -0.25) is 0 Å². The molecule has 0 aromatic carbocycles. The van der Waals surface area contributed by atoms with E-state index in [1.165, 1.54) is 10.9 Å². The van der Waals surface area contributed by atoms with Gasteiger partial charge in [0.1, 0.15) is 0 Å². The molecule has 8 heteroatoms. The second-order valence-electron chi connectivity index (χ2n) is 3.48. The molecule has 0 atom stereocenters. The molecule has 0 unspecified atom stereocenters. The molecule has 0 bridgehead atoms. The monoisotopic (exact) mass is 286 g/mol. The Balaban J connectivity index is 2.43. The fourth-order valence-corrected chi connectivity index (χ4v) is 1.78. The van der Waals surface area contributed by atoms with Gasteiger partial charge in [-0.1, -0.05) is 11.6 Å². The zero-order valence-corrected chi connectivity index (χ0v) is 11.5. The van der Waals surface area contributed by atoms with Crippen molar-refractivity contribution in [2.45, 2.75) is 13.8 Å². The highest BCUT2D eigenvalue weighted by Gasteiger charge is 2.11. The van der Waals surface area contributed by atoms with E-state index in [0.29, 0.717) is 16.9 Å². The Bertz CT molecular complexity index is 537. The van der Waals surface area contributed by atoms with E-state index in [1.54, 1.807) is 6.20 Å². The molecule has 0 spiro atoms. The number of hydrogen-bond acceptors (Lipinski definition) is 5. The Morgan fingerprint density at radius 3 is 2.44 bits per heavy atom. The van der Waals surface area contributed by atoms with Crippen molar-refractivity contribution >= 4 is 29.2 Å².